The lowest BCUT2D eigenvalue weighted by Crippen LogP contribution is -2.33. The summed E-state index contributed by atoms with van der Waals surface area (Å²) in [5.74, 6) is 2.22. The second-order valence-electron chi connectivity index (χ2n) is 9.10. The van der Waals surface area contributed by atoms with Crippen LogP contribution in [0.2, 0.25) is 5.02 Å². The quantitative estimate of drug-likeness (QED) is 0.558. The molecule has 2 aliphatic carbocycles. The molecule has 2 aromatic carbocycles. The van der Waals surface area contributed by atoms with Gasteiger partial charge in [-0.25, -0.2) is 4.79 Å². The Morgan fingerprint density at radius 3 is 2.40 bits per heavy atom. The van der Waals surface area contributed by atoms with E-state index in [2.05, 4.69) is 29.2 Å². The Labute approximate surface area is 187 Å². The fourth-order valence-corrected chi connectivity index (χ4v) is 5.78. The van der Waals surface area contributed by atoms with Gasteiger partial charge < -0.3 is 4.90 Å². The van der Waals surface area contributed by atoms with E-state index in [9.17, 15) is 4.79 Å². The maximum Gasteiger partial charge on any atom is 0.329 e. The van der Waals surface area contributed by atoms with E-state index >= 15 is 0 Å². The Morgan fingerprint density at radius 2 is 1.67 bits per heavy atom. The highest BCUT2D eigenvalue weighted by molar-refractivity contribution is 6.30. The summed E-state index contributed by atoms with van der Waals surface area (Å²) in [5, 5.41) is 0.813. The van der Waals surface area contributed by atoms with E-state index < -0.39 is 0 Å². The first-order valence-electron chi connectivity index (χ1n) is 10.9. The Morgan fingerprint density at radius 1 is 0.933 bits per heavy atom. The number of rotatable bonds is 5. The average Bonchev–Trinajstić information content (AvgIpc) is 3.44. The van der Waals surface area contributed by atoms with Gasteiger partial charge in [-0.3, -0.25) is 9.13 Å². The van der Waals surface area contributed by atoms with Crippen molar-refractivity contribution in [2.45, 2.75) is 37.8 Å². The third kappa shape index (κ3) is 3.30. The maximum atomic E-state index is 13.1. The molecule has 6 rings (SSSR count). The minimum atomic E-state index is 0. The summed E-state index contributed by atoms with van der Waals surface area (Å²) in [5.41, 5.74) is 3.80. The van der Waals surface area contributed by atoms with Crippen molar-refractivity contribution in [1.29, 1.82) is 0 Å². The number of para-hydroxylation sites is 2. The molecule has 6 heteroatoms. The smallest absolute Gasteiger partial charge is 0.301 e. The number of imidazole rings is 1. The van der Waals surface area contributed by atoms with Crippen LogP contribution in [0.15, 0.2) is 53.3 Å². The van der Waals surface area contributed by atoms with Crippen LogP contribution in [0, 0.1) is 11.8 Å². The molecule has 3 aliphatic rings. The van der Waals surface area contributed by atoms with Gasteiger partial charge in [0.1, 0.15) is 0 Å². The maximum absolute atomic E-state index is 13.1. The first-order valence-corrected chi connectivity index (χ1v) is 11.2. The number of aromatic nitrogens is 2. The van der Waals surface area contributed by atoms with Gasteiger partial charge in [-0.1, -0.05) is 35.9 Å². The van der Waals surface area contributed by atoms with E-state index in [1.807, 2.05) is 33.4 Å². The molecule has 4 nitrogen and oxygen atoms in total. The number of hydrogen-bond donors (Lipinski definition) is 0. The summed E-state index contributed by atoms with van der Waals surface area (Å²) in [7, 11) is 0. The molecule has 1 saturated heterocycles. The van der Waals surface area contributed by atoms with Crippen LogP contribution < -0.4 is 5.69 Å². The van der Waals surface area contributed by atoms with Crippen molar-refractivity contribution in [2.24, 2.45) is 11.8 Å². The molecule has 0 N–H and O–H groups in total. The molecule has 3 fully saturated rings. The zero-order chi connectivity index (χ0) is 19.5. The van der Waals surface area contributed by atoms with Crippen LogP contribution in [0.3, 0.4) is 0 Å². The van der Waals surface area contributed by atoms with Gasteiger partial charge in [0.2, 0.25) is 0 Å². The number of fused-ring (bicyclic) bond motifs is 2. The first kappa shape index (κ1) is 20.2. The highest BCUT2D eigenvalue weighted by atomic mass is 35.5. The van der Waals surface area contributed by atoms with Crippen molar-refractivity contribution in [3.05, 3.63) is 69.6 Å². The SMILES string of the molecule is Cl.O=c1n(CCN2CC3C[C@H](c4ccc(Cl)cc4)[C@H]3C2)c2ccccc2n1C1CC1. The number of nitrogens with zero attached hydrogens (tertiary/aromatic N) is 3. The van der Waals surface area contributed by atoms with Crippen LogP contribution in [0.5, 0.6) is 0 Å². The van der Waals surface area contributed by atoms with Gasteiger partial charge in [0.15, 0.2) is 0 Å². The highest BCUT2D eigenvalue weighted by Gasteiger charge is 2.47. The minimum Gasteiger partial charge on any atom is -0.301 e. The molecule has 1 aromatic heterocycles. The molecule has 2 saturated carbocycles. The summed E-state index contributed by atoms with van der Waals surface area (Å²) >= 11 is 6.05. The average molecular weight is 444 g/mol. The highest BCUT2D eigenvalue weighted by Crippen LogP contribution is 2.51. The first-order chi connectivity index (χ1) is 14.2. The molecule has 2 heterocycles. The molecule has 0 spiro atoms. The molecule has 30 heavy (non-hydrogen) atoms. The van der Waals surface area contributed by atoms with Gasteiger partial charge in [0.05, 0.1) is 11.0 Å². The summed E-state index contributed by atoms with van der Waals surface area (Å²) < 4.78 is 4.03. The number of benzene rings is 2. The van der Waals surface area contributed by atoms with Gasteiger partial charge >= 0.3 is 5.69 Å². The standard InChI is InChI=1S/C24H26ClN3O.ClH/c25-18-7-5-16(6-8-18)20-13-17-14-26(15-21(17)20)11-12-27-22-3-1-2-4-23(22)28(24(27)29)19-9-10-19;/h1-8,17,19-21H,9-15H2;1H/t17?,20-,21+;/m1./s1. The lowest BCUT2D eigenvalue weighted by atomic mass is 9.64. The summed E-state index contributed by atoms with van der Waals surface area (Å²) in [6.07, 6.45) is 3.55. The van der Waals surface area contributed by atoms with Crippen LogP contribution >= 0.6 is 24.0 Å². The second-order valence-corrected chi connectivity index (χ2v) is 9.54. The molecular weight excluding hydrogens is 417 g/mol. The Kier molecular flexibility index (Phi) is 5.20. The van der Waals surface area contributed by atoms with Crippen LogP contribution in [-0.4, -0.2) is 33.7 Å². The Bertz CT molecular complexity index is 1120. The van der Waals surface area contributed by atoms with E-state index in [1.165, 1.54) is 18.5 Å². The fraction of sp³-hybridized carbons (Fsp3) is 0.458. The monoisotopic (exact) mass is 443 g/mol. The lowest BCUT2D eigenvalue weighted by Gasteiger charge is -2.40. The minimum absolute atomic E-state index is 0. The molecule has 3 atom stereocenters. The Balaban J connectivity index is 0.00000193. The van der Waals surface area contributed by atoms with Crippen LogP contribution in [0.4, 0.5) is 0 Å². The van der Waals surface area contributed by atoms with E-state index in [-0.39, 0.29) is 18.1 Å². The van der Waals surface area contributed by atoms with Crippen LogP contribution in [0.1, 0.15) is 36.8 Å². The number of likely N-dealkylation sites (tertiary alicyclic amines) is 1. The van der Waals surface area contributed by atoms with E-state index in [0.717, 1.165) is 60.4 Å². The second kappa shape index (κ2) is 7.74. The molecular formula is C24H27Cl2N3O. The van der Waals surface area contributed by atoms with E-state index in [0.29, 0.717) is 12.0 Å². The fourth-order valence-electron chi connectivity index (χ4n) is 5.65. The van der Waals surface area contributed by atoms with Crippen molar-refractivity contribution in [3.63, 3.8) is 0 Å². The van der Waals surface area contributed by atoms with E-state index in [1.54, 1.807) is 0 Å². The predicted octanol–water partition coefficient (Wildman–Crippen LogP) is 4.95. The van der Waals surface area contributed by atoms with Crippen LogP contribution in [-0.2, 0) is 6.54 Å². The van der Waals surface area contributed by atoms with Gasteiger partial charge in [0.25, 0.3) is 0 Å². The van der Waals surface area contributed by atoms with E-state index in [4.69, 9.17) is 11.6 Å². The van der Waals surface area contributed by atoms with Crippen molar-refractivity contribution in [2.75, 3.05) is 19.6 Å². The normalized spacial score (nSPS) is 25.7. The summed E-state index contributed by atoms with van der Waals surface area (Å²) in [6, 6.07) is 17.1. The molecule has 1 aliphatic heterocycles. The summed E-state index contributed by atoms with van der Waals surface area (Å²) in [4.78, 5) is 15.6. The zero-order valence-electron chi connectivity index (χ0n) is 16.9. The molecule has 1 unspecified atom stereocenters. The predicted molar refractivity (Wildman–Crippen MR) is 124 cm³/mol. The summed E-state index contributed by atoms with van der Waals surface area (Å²) in [6.45, 7) is 4.06. The van der Waals surface area contributed by atoms with Gasteiger partial charge in [-0.15, -0.1) is 12.4 Å². The van der Waals surface area contributed by atoms with Crippen LogP contribution in [0.25, 0.3) is 11.0 Å². The van der Waals surface area contributed by atoms with Crippen molar-refractivity contribution < 1.29 is 0 Å². The third-order valence-electron chi connectivity index (χ3n) is 7.36. The number of halogens is 2. The zero-order valence-corrected chi connectivity index (χ0v) is 18.5. The van der Waals surface area contributed by atoms with Gasteiger partial charge in [-0.2, -0.15) is 0 Å². The largest absolute Gasteiger partial charge is 0.329 e. The van der Waals surface area contributed by atoms with Crippen molar-refractivity contribution >= 4 is 35.0 Å². The van der Waals surface area contributed by atoms with Gasteiger partial charge in [-0.05, 0) is 66.8 Å². The third-order valence-corrected chi connectivity index (χ3v) is 7.61. The van der Waals surface area contributed by atoms with Gasteiger partial charge in [0, 0.05) is 37.2 Å². The topological polar surface area (TPSA) is 30.2 Å². The Hall–Kier alpha value is -1.75. The van der Waals surface area contributed by atoms with Crippen molar-refractivity contribution in [3.8, 4) is 0 Å². The lowest BCUT2D eigenvalue weighted by molar-refractivity contribution is 0.191. The molecule has 3 aromatic rings. The molecule has 158 valence electrons. The van der Waals surface area contributed by atoms with Crippen molar-refractivity contribution in [1.82, 2.24) is 14.0 Å². The molecule has 0 amide bonds. The number of hydrogen-bond acceptors (Lipinski definition) is 2. The molecule has 0 bridgehead atoms. The molecule has 0 radical (unpaired) electrons.